The topological polar surface area (TPSA) is 51.8 Å². The van der Waals surface area contributed by atoms with Crippen molar-refractivity contribution in [3.8, 4) is 33.8 Å². The van der Waals surface area contributed by atoms with Gasteiger partial charge < -0.3 is 5.73 Å². The molecule has 33 heavy (non-hydrogen) atoms. The molecule has 0 atom stereocenters. The molecule has 0 bridgehead atoms. The number of anilines is 1. The zero-order valence-electron chi connectivity index (χ0n) is 16.7. The van der Waals surface area contributed by atoms with Crippen LogP contribution < -0.4 is 5.73 Å². The Morgan fingerprint density at radius 1 is 0.576 bits per heavy atom. The fraction of sp³-hybridized carbons (Fsp3) is 0.0833. The second-order valence-corrected chi connectivity index (χ2v) is 7.24. The van der Waals surface area contributed by atoms with Crippen LogP contribution in [-0.4, -0.2) is 9.97 Å². The summed E-state index contributed by atoms with van der Waals surface area (Å²) in [6.07, 6.45) is -9.33. The number of hydrogen-bond donors (Lipinski definition) is 1. The maximum atomic E-state index is 13.5. The second-order valence-electron chi connectivity index (χ2n) is 7.24. The molecule has 1 heterocycles. The van der Waals surface area contributed by atoms with Crippen molar-refractivity contribution in [2.75, 3.05) is 5.73 Å². The van der Waals surface area contributed by atoms with Crippen molar-refractivity contribution in [3.05, 3.63) is 90.1 Å². The molecule has 0 unspecified atom stereocenters. The maximum absolute atomic E-state index is 13.5. The predicted octanol–water partition coefficient (Wildman–Crippen LogP) is 7.10. The Morgan fingerprint density at radius 3 is 1.79 bits per heavy atom. The maximum Gasteiger partial charge on any atom is 0.433 e. The number of nitrogen functional groups attached to an aromatic ring is 1. The normalized spacial score (nSPS) is 12.1. The first-order chi connectivity index (χ1) is 15.5. The van der Waals surface area contributed by atoms with Gasteiger partial charge in [-0.2, -0.15) is 26.3 Å². The van der Waals surface area contributed by atoms with Gasteiger partial charge in [-0.1, -0.05) is 42.5 Å². The summed E-state index contributed by atoms with van der Waals surface area (Å²) in [4.78, 5) is 7.89. The van der Waals surface area contributed by atoms with Crippen LogP contribution in [0.15, 0.2) is 78.9 Å². The zero-order chi connectivity index (χ0) is 23.8. The molecule has 4 aromatic rings. The Morgan fingerprint density at radius 2 is 1.18 bits per heavy atom. The fourth-order valence-corrected chi connectivity index (χ4v) is 3.21. The molecular formula is C24H15F6N3. The molecule has 4 rings (SSSR count). The van der Waals surface area contributed by atoms with Crippen molar-refractivity contribution in [1.82, 2.24) is 9.97 Å². The third kappa shape index (κ3) is 4.97. The highest BCUT2D eigenvalue weighted by Crippen LogP contribution is 2.35. The monoisotopic (exact) mass is 459 g/mol. The van der Waals surface area contributed by atoms with Gasteiger partial charge in [0.2, 0.25) is 0 Å². The first kappa shape index (κ1) is 22.3. The molecule has 168 valence electrons. The lowest BCUT2D eigenvalue weighted by Crippen LogP contribution is -2.10. The Bertz CT molecular complexity index is 1280. The largest absolute Gasteiger partial charge is 0.433 e. The van der Waals surface area contributed by atoms with Gasteiger partial charge in [-0.25, -0.2) is 9.97 Å². The minimum atomic E-state index is -4.77. The number of hydrogen-bond acceptors (Lipinski definition) is 3. The van der Waals surface area contributed by atoms with Crippen LogP contribution in [0.2, 0.25) is 0 Å². The molecular weight excluding hydrogens is 444 g/mol. The summed E-state index contributed by atoms with van der Waals surface area (Å²) in [6, 6.07) is 18.1. The minimum Gasteiger partial charge on any atom is -0.399 e. The summed E-state index contributed by atoms with van der Waals surface area (Å²) < 4.78 is 79.1. The van der Waals surface area contributed by atoms with Crippen LogP contribution in [0, 0.1) is 0 Å². The quantitative estimate of drug-likeness (QED) is 0.263. The van der Waals surface area contributed by atoms with Gasteiger partial charge >= 0.3 is 12.4 Å². The molecule has 0 fully saturated rings. The van der Waals surface area contributed by atoms with E-state index in [0.29, 0.717) is 16.8 Å². The highest BCUT2D eigenvalue weighted by atomic mass is 19.4. The van der Waals surface area contributed by atoms with Gasteiger partial charge in [0.1, 0.15) is 5.69 Å². The van der Waals surface area contributed by atoms with Gasteiger partial charge in [-0.05, 0) is 47.5 Å². The van der Waals surface area contributed by atoms with E-state index < -0.39 is 23.6 Å². The lowest BCUT2D eigenvalue weighted by atomic mass is 10.0. The van der Waals surface area contributed by atoms with Crippen LogP contribution in [0.1, 0.15) is 11.3 Å². The van der Waals surface area contributed by atoms with Crippen molar-refractivity contribution in [2.24, 2.45) is 0 Å². The zero-order valence-corrected chi connectivity index (χ0v) is 16.7. The Balaban J connectivity index is 1.81. The lowest BCUT2D eigenvalue weighted by Gasteiger charge is -2.12. The van der Waals surface area contributed by atoms with E-state index in [9.17, 15) is 26.3 Å². The molecule has 2 N–H and O–H groups in total. The van der Waals surface area contributed by atoms with Gasteiger partial charge in [0.15, 0.2) is 5.82 Å². The Labute approximate surface area is 184 Å². The van der Waals surface area contributed by atoms with Gasteiger partial charge in [-0.15, -0.1) is 0 Å². The van der Waals surface area contributed by atoms with Gasteiger partial charge in [0.05, 0.1) is 11.3 Å². The van der Waals surface area contributed by atoms with Gasteiger partial charge in [0, 0.05) is 16.8 Å². The number of benzene rings is 3. The molecule has 0 aliphatic carbocycles. The molecule has 0 spiro atoms. The van der Waals surface area contributed by atoms with Crippen LogP contribution in [0.4, 0.5) is 32.0 Å². The van der Waals surface area contributed by atoms with Crippen LogP contribution in [0.5, 0.6) is 0 Å². The minimum absolute atomic E-state index is 0.104. The average molecular weight is 459 g/mol. The molecule has 3 nitrogen and oxygen atoms in total. The number of rotatable bonds is 3. The smallest absolute Gasteiger partial charge is 0.399 e. The van der Waals surface area contributed by atoms with E-state index >= 15 is 0 Å². The first-order valence-electron chi connectivity index (χ1n) is 9.61. The van der Waals surface area contributed by atoms with Crippen molar-refractivity contribution in [1.29, 1.82) is 0 Å². The third-order valence-electron chi connectivity index (χ3n) is 4.89. The highest BCUT2D eigenvalue weighted by Gasteiger charge is 2.34. The van der Waals surface area contributed by atoms with Gasteiger partial charge in [0.25, 0.3) is 0 Å². The van der Waals surface area contributed by atoms with E-state index in [1.165, 1.54) is 0 Å². The lowest BCUT2D eigenvalue weighted by molar-refractivity contribution is -0.141. The summed E-state index contributed by atoms with van der Waals surface area (Å²) in [5.41, 5.74) is 5.95. The molecule has 0 radical (unpaired) electrons. The van der Waals surface area contributed by atoms with Crippen LogP contribution in [0.3, 0.4) is 0 Å². The number of aromatic nitrogens is 2. The van der Waals surface area contributed by atoms with E-state index in [1.54, 1.807) is 48.5 Å². The van der Waals surface area contributed by atoms with E-state index in [-0.39, 0.29) is 17.1 Å². The van der Waals surface area contributed by atoms with E-state index in [1.807, 2.05) is 0 Å². The number of alkyl halides is 6. The summed E-state index contributed by atoms with van der Waals surface area (Å²) in [5, 5.41) is 0. The van der Waals surface area contributed by atoms with Crippen molar-refractivity contribution in [2.45, 2.75) is 12.4 Å². The van der Waals surface area contributed by atoms with Crippen LogP contribution >= 0.6 is 0 Å². The third-order valence-corrected chi connectivity index (χ3v) is 4.89. The summed E-state index contributed by atoms with van der Waals surface area (Å²) >= 11 is 0. The first-order valence-corrected chi connectivity index (χ1v) is 9.61. The van der Waals surface area contributed by atoms with Crippen LogP contribution in [-0.2, 0) is 12.4 Å². The Kier molecular flexibility index (Phi) is 5.57. The molecule has 0 aliphatic rings. The summed E-state index contributed by atoms with van der Waals surface area (Å²) in [7, 11) is 0. The summed E-state index contributed by atoms with van der Waals surface area (Å²) in [5.74, 6) is -0.197. The van der Waals surface area contributed by atoms with E-state index in [2.05, 4.69) is 9.97 Å². The van der Waals surface area contributed by atoms with E-state index in [0.717, 1.165) is 35.9 Å². The fourth-order valence-electron chi connectivity index (χ4n) is 3.21. The van der Waals surface area contributed by atoms with Crippen molar-refractivity contribution >= 4 is 5.69 Å². The molecule has 1 aromatic heterocycles. The van der Waals surface area contributed by atoms with E-state index in [4.69, 9.17) is 5.73 Å². The SMILES string of the molecule is Nc1ccc(-c2cccc(-c3nc(-c4ccc(C(F)(F)F)cc4)cc(C(F)(F)F)n3)c2)cc1. The standard InChI is InChI=1S/C24H15F6N3/c25-23(26,27)18-8-4-15(5-9-18)20-13-21(24(28,29)30)33-22(32-20)17-3-1-2-16(12-17)14-6-10-19(31)11-7-14/h1-13H,31H2. The van der Waals surface area contributed by atoms with Crippen molar-refractivity contribution in [3.63, 3.8) is 0 Å². The number of halogens is 6. The molecule has 3 aromatic carbocycles. The molecule has 9 heteroatoms. The second kappa shape index (κ2) is 8.23. The molecule has 0 aliphatic heterocycles. The molecule has 0 saturated carbocycles. The molecule has 0 amide bonds. The predicted molar refractivity (Wildman–Crippen MR) is 113 cm³/mol. The number of nitrogens with two attached hydrogens (primary N) is 1. The van der Waals surface area contributed by atoms with Crippen molar-refractivity contribution < 1.29 is 26.3 Å². The molecule has 0 saturated heterocycles. The average Bonchev–Trinajstić information content (AvgIpc) is 2.78. The number of nitrogens with zero attached hydrogens (tertiary/aromatic N) is 2. The highest BCUT2D eigenvalue weighted by molar-refractivity contribution is 5.72. The van der Waals surface area contributed by atoms with Gasteiger partial charge in [-0.3, -0.25) is 0 Å². The summed E-state index contributed by atoms with van der Waals surface area (Å²) in [6.45, 7) is 0. The Hall–Kier alpha value is -3.88. The van der Waals surface area contributed by atoms with Crippen LogP contribution in [0.25, 0.3) is 33.8 Å².